The van der Waals surface area contributed by atoms with Gasteiger partial charge in [0.05, 0.1) is 5.92 Å². The van der Waals surface area contributed by atoms with Gasteiger partial charge in [-0.25, -0.2) is 0 Å². The molecule has 29 heavy (non-hydrogen) atoms. The summed E-state index contributed by atoms with van der Waals surface area (Å²) in [6, 6.07) is 19.6. The molecular weight excluding hydrogens is 427 g/mol. The van der Waals surface area contributed by atoms with Gasteiger partial charge in [-0.3, -0.25) is 4.79 Å². The number of hydrogen-bond acceptors (Lipinski definition) is 1. The SMILES string of the molecule is O=C(N[C@H]([NH2+]Cc1ccccc1)C(Cl)(Cl)Cl)[C@H](C1=CCCC=C1)c1ccccc1. The van der Waals surface area contributed by atoms with Crippen LogP contribution in [0, 0.1) is 0 Å². The van der Waals surface area contributed by atoms with Crippen LogP contribution in [0.25, 0.3) is 0 Å². The highest BCUT2D eigenvalue weighted by Gasteiger charge is 2.39. The van der Waals surface area contributed by atoms with Gasteiger partial charge in [0.25, 0.3) is 3.79 Å². The molecule has 0 bridgehead atoms. The molecule has 2 aromatic rings. The third-order valence-electron chi connectivity index (χ3n) is 4.83. The molecule has 0 aliphatic heterocycles. The summed E-state index contributed by atoms with van der Waals surface area (Å²) in [5.74, 6) is -0.637. The van der Waals surface area contributed by atoms with Crippen LogP contribution >= 0.6 is 34.8 Å². The molecule has 0 aromatic heterocycles. The summed E-state index contributed by atoms with van der Waals surface area (Å²) < 4.78 is -1.65. The lowest BCUT2D eigenvalue weighted by Crippen LogP contribution is -2.95. The molecule has 0 heterocycles. The zero-order valence-electron chi connectivity index (χ0n) is 15.9. The molecule has 0 unspecified atom stereocenters. The number of carbonyl (C=O) groups excluding carboxylic acids is 1. The molecule has 0 radical (unpaired) electrons. The van der Waals surface area contributed by atoms with E-state index in [1.54, 1.807) is 0 Å². The Balaban J connectivity index is 1.79. The van der Waals surface area contributed by atoms with Crippen molar-refractivity contribution in [2.24, 2.45) is 0 Å². The summed E-state index contributed by atoms with van der Waals surface area (Å²) in [5, 5.41) is 4.80. The van der Waals surface area contributed by atoms with E-state index in [0.717, 1.165) is 29.5 Å². The molecule has 0 fully saturated rings. The van der Waals surface area contributed by atoms with Crippen molar-refractivity contribution in [1.29, 1.82) is 0 Å². The van der Waals surface area contributed by atoms with Crippen molar-refractivity contribution in [3.8, 4) is 0 Å². The smallest absolute Gasteiger partial charge is 0.262 e. The Morgan fingerprint density at radius 2 is 1.66 bits per heavy atom. The van der Waals surface area contributed by atoms with Crippen molar-refractivity contribution in [2.75, 3.05) is 0 Å². The van der Waals surface area contributed by atoms with Crippen molar-refractivity contribution in [3.05, 3.63) is 95.6 Å². The van der Waals surface area contributed by atoms with E-state index < -0.39 is 15.9 Å². The summed E-state index contributed by atoms with van der Waals surface area (Å²) >= 11 is 18.6. The number of alkyl halides is 3. The zero-order chi connectivity index (χ0) is 20.7. The Bertz CT molecular complexity index is 861. The van der Waals surface area contributed by atoms with Crippen LogP contribution < -0.4 is 10.6 Å². The monoisotopic (exact) mass is 449 g/mol. The number of nitrogens with two attached hydrogens (primary N) is 1. The lowest BCUT2D eigenvalue weighted by Gasteiger charge is -2.27. The first-order valence-electron chi connectivity index (χ1n) is 9.61. The average Bonchev–Trinajstić information content (AvgIpc) is 2.73. The van der Waals surface area contributed by atoms with Gasteiger partial charge in [0, 0.05) is 5.56 Å². The number of carbonyl (C=O) groups is 1. The Hall–Kier alpha value is -1.78. The molecule has 1 amide bonds. The highest BCUT2D eigenvalue weighted by atomic mass is 35.6. The van der Waals surface area contributed by atoms with Crippen LogP contribution in [0.15, 0.2) is 84.5 Å². The number of halogens is 3. The molecule has 152 valence electrons. The Morgan fingerprint density at radius 1 is 1.00 bits per heavy atom. The molecule has 0 saturated carbocycles. The number of allylic oxidation sites excluding steroid dienone is 3. The van der Waals surface area contributed by atoms with Crippen LogP contribution in [0.1, 0.15) is 29.9 Å². The largest absolute Gasteiger partial charge is 0.319 e. The molecule has 2 atom stereocenters. The van der Waals surface area contributed by atoms with E-state index in [4.69, 9.17) is 34.8 Å². The van der Waals surface area contributed by atoms with Gasteiger partial charge in [-0.05, 0) is 24.0 Å². The minimum atomic E-state index is -1.65. The molecule has 6 heteroatoms. The number of benzene rings is 2. The van der Waals surface area contributed by atoms with E-state index in [1.165, 1.54) is 0 Å². The zero-order valence-corrected chi connectivity index (χ0v) is 18.2. The van der Waals surface area contributed by atoms with Crippen LogP contribution in [-0.4, -0.2) is 15.9 Å². The second-order valence-electron chi connectivity index (χ2n) is 6.98. The molecule has 0 saturated heterocycles. The van der Waals surface area contributed by atoms with Gasteiger partial charge in [0.15, 0.2) is 0 Å². The molecule has 2 aromatic carbocycles. The summed E-state index contributed by atoms with van der Waals surface area (Å²) in [4.78, 5) is 13.3. The van der Waals surface area contributed by atoms with Gasteiger partial charge in [0.1, 0.15) is 6.54 Å². The Morgan fingerprint density at radius 3 is 2.24 bits per heavy atom. The topological polar surface area (TPSA) is 45.7 Å². The molecule has 3 rings (SSSR count). The fourth-order valence-corrected chi connectivity index (χ4v) is 3.80. The molecule has 0 spiro atoms. The van der Waals surface area contributed by atoms with E-state index in [-0.39, 0.29) is 5.91 Å². The maximum Gasteiger partial charge on any atom is 0.262 e. The first-order chi connectivity index (χ1) is 13.9. The fourth-order valence-electron chi connectivity index (χ4n) is 3.37. The van der Waals surface area contributed by atoms with Crippen molar-refractivity contribution in [3.63, 3.8) is 0 Å². The van der Waals surface area contributed by atoms with E-state index in [1.807, 2.05) is 72.1 Å². The first kappa shape index (κ1) is 21.9. The summed E-state index contributed by atoms with van der Waals surface area (Å²) in [6.45, 7) is 0.582. The van der Waals surface area contributed by atoms with Crippen molar-refractivity contribution in [1.82, 2.24) is 5.32 Å². The summed E-state index contributed by atoms with van der Waals surface area (Å²) in [7, 11) is 0. The lowest BCUT2D eigenvalue weighted by molar-refractivity contribution is -0.707. The van der Waals surface area contributed by atoms with Gasteiger partial charge in [-0.2, -0.15) is 0 Å². The minimum Gasteiger partial charge on any atom is -0.319 e. The Labute approximate surface area is 186 Å². The molecular formula is C23H24Cl3N2O+. The second kappa shape index (κ2) is 10.3. The maximum absolute atomic E-state index is 13.3. The number of amides is 1. The maximum atomic E-state index is 13.3. The predicted octanol–water partition coefficient (Wildman–Crippen LogP) is 4.62. The van der Waals surface area contributed by atoms with Crippen LogP contribution in [0.3, 0.4) is 0 Å². The van der Waals surface area contributed by atoms with Crippen LogP contribution in [0.5, 0.6) is 0 Å². The van der Waals surface area contributed by atoms with Crippen LogP contribution in [-0.2, 0) is 11.3 Å². The molecule has 1 aliphatic carbocycles. The van der Waals surface area contributed by atoms with Gasteiger partial charge in [0.2, 0.25) is 12.1 Å². The molecule has 3 N–H and O–H groups in total. The number of quaternary nitrogens is 1. The van der Waals surface area contributed by atoms with Gasteiger partial charge >= 0.3 is 0 Å². The van der Waals surface area contributed by atoms with E-state index >= 15 is 0 Å². The van der Waals surface area contributed by atoms with E-state index in [2.05, 4.69) is 17.5 Å². The van der Waals surface area contributed by atoms with Crippen molar-refractivity contribution < 1.29 is 10.1 Å². The van der Waals surface area contributed by atoms with Crippen molar-refractivity contribution >= 4 is 40.7 Å². The quantitative estimate of drug-likeness (QED) is 0.469. The average molecular weight is 451 g/mol. The summed E-state index contributed by atoms with van der Waals surface area (Å²) in [6.07, 6.45) is 7.38. The first-order valence-corrected chi connectivity index (χ1v) is 10.7. The van der Waals surface area contributed by atoms with Gasteiger partial charge in [-0.15, -0.1) is 0 Å². The normalized spacial score (nSPS) is 16.0. The highest BCUT2D eigenvalue weighted by molar-refractivity contribution is 6.68. The predicted molar refractivity (Wildman–Crippen MR) is 120 cm³/mol. The van der Waals surface area contributed by atoms with Crippen LogP contribution in [0.2, 0.25) is 0 Å². The number of rotatable bonds is 7. The third-order valence-corrected chi connectivity index (χ3v) is 5.54. The third kappa shape index (κ3) is 6.35. The number of nitrogens with one attached hydrogen (secondary N) is 1. The van der Waals surface area contributed by atoms with E-state index in [9.17, 15) is 4.79 Å². The highest BCUT2D eigenvalue weighted by Crippen LogP contribution is 2.31. The van der Waals surface area contributed by atoms with Gasteiger partial charge < -0.3 is 10.6 Å². The van der Waals surface area contributed by atoms with Crippen LogP contribution in [0.4, 0.5) is 0 Å². The standard InChI is InChI=1S/C23H23Cl3N2O/c24-23(25,26)22(27-16-17-10-4-1-5-11-17)28-21(29)20(18-12-6-2-7-13-18)19-14-8-3-9-15-19/h1-2,4-8,10-15,20,22,27H,3,9,16H2,(H,28,29)/p+1/t20-,22-/m0/s1. The summed E-state index contributed by atoms with van der Waals surface area (Å²) in [5.41, 5.74) is 2.96. The lowest BCUT2D eigenvalue weighted by atomic mass is 9.87. The van der Waals surface area contributed by atoms with Gasteiger partial charge in [-0.1, -0.05) is 114 Å². The Kier molecular flexibility index (Phi) is 7.79. The number of hydrogen-bond donors (Lipinski definition) is 2. The fraction of sp³-hybridized carbons (Fsp3) is 0.261. The molecule has 3 nitrogen and oxygen atoms in total. The van der Waals surface area contributed by atoms with E-state index in [0.29, 0.717) is 6.54 Å². The second-order valence-corrected chi connectivity index (χ2v) is 9.35. The van der Waals surface area contributed by atoms with Crippen molar-refractivity contribution in [2.45, 2.75) is 35.3 Å². The minimum absolute atomic E-state index is 0.186. The molecule has 1 aliphatic rings.